The Balaban J connectivity index is 2.30. The number of nitrogens with zero attached hydrogens (tertiary/aromatic N) is 1. The Bertz CT molecular complexity index is 885. The highest BCUT2D eigenvalue weighted by Crippen LogP contribution is 2.31. The largest absolute Gasteiger partial charge is 0.493 e. The number of esters is 1. The van der Waals surface area contributed by atoms with Gasteiger partial charge in [-0.15, -0.1) is 0 Å². The molecule has 0 amide bonds. The Hall–Kier alpha value is -3.04. The van der Waals surface area contributed by atoms with Crippen LogP contribution in [0.2, 0.25) is 5.02 Å². The first kappa shape index (κ1) is 20.3. The van der Waals surface area contributed by atoms with Crippen LogP contribution in [0.5, 0.6) is 11.5 Å². The second kappa shape index (κ2) is 9.60. The molecule has 0 saturated carbocycles. The first-order valence-corrected chi connectivity index (χ1v) is 8.40. The van der Waals surface area contributed by atoms with Crippen molar-refractivity contribution in [2.75, 3.05) is 13.7 Å². The van der Waals surface area contributed by atoms with Crippen LogP contribution >= 0.6 is 11.6 Å². The van der Waals surface area contributed by atoms with Gasteiger partial charge < -0.3 is 14.2 Å². The van der Waals surface area contributed by atoms with Crippen LogP contribution in [0.3, 0.4) is 0 Å². The third-order valence-corrected chi connectivity index (χ3v) is 3.90. The number of nitriles is 1. The summed E-state index contributed by atoms with van der Waals surface area (Å²) in [6, 6.07) is 11.0. The lowest BCUT2D eigenvalue weighted by Crippen LogP contribution is -2.06. The molecule has 0 N–H and O–H groups in total. The van der Waals surface area contributed by atoms with Crippen LogP contribution < -0.4 is 9.47 Å². The van der Waals surface area contributed by atoms with Gasteiger partial charge in [0, 0.05) is 5.56 Å². The van der Waals surface area contributed by atoms with Crippen molar-refractivity contribution in [1.29, 1.82) is 5.26 Å². The zero-order chi connectivity index (χ0) is 19.8. The molecule has 0 aliphatic rings. The van der Waals surface area contributed by atoms with E-state index >= 15 is 0 Å². The zero-order valence-electron chi connectivity index (χ0n) is 14.8. The number of hydrogen-bond donors (Lipinski definition) is 0. The number of carbonyl (C=O) groups excluding carboxylic acids is 1. The van der Waals surface area contributed by atoms with Crippen molar-refractivity contribution in [3.63, 3.8) is 0 Å². The van der Waals surface area contributed by atoms with E-state index in [1.807, 2.05) is 0 Å². The lowest BCUT2D eigenvalue weighted by molar-refractivity contribution is -0.137. The maximum absolute atomic E-state index is 13.9. The quantitative estimate of drug-likeness (QED) is 0.395. The second-order valence-electron chi connectivity index (χ2n) is 5.29. The monoisotopic (exact) mass is 389 g/mol. The van der Waals surface area contributed by atoms with Gasteiger partial charge in [0.25, 0.3) is 0 Å². The van der Waals surface area contributed by atoms with Gasteiger partial charge in [0.1, 0.15) is 24.1 Å². The highest BCUT2D eigenvalue weighted by atomic mass is 35.5. The van der Waals surface area contributed by atoms with Crippen molar-refractivity contribution in [1.82, 2.24) is 0 Å². The molecule has 5 nitrogen and oxygen atoms in total. The zero-order valence-corrected chi connectivity index (χ0v) is 15.5. The molecule has 27 heavy (non-hydrogen) atoms. The van der Waals surface area contributed by atoms with E-state index in [0.717, 1.165) is 0 Å². The number of ether oxygens (including phenoxy) is 3. The standard InChI is InChI=1S/C20H17ClFNO4/c1-3-26-20(24)14(11-23)9-13-7-8-18(25-2)19(10-13)27-12-15-16(21)5-4-6-17(15)22/h4-10H,3,12H2,1-2H3. The highest BCUT2D eigenvalue weighted by molar-refractivity contribution is 6.31. The van der Waals surface area contributed by atoms with Crippen LogP contribution in [0, 0.1) is 17.1 Å². The SMILES string of the molecule is CCOC(=O)C(C#N)=Cc1ccc(OC)c(OCc2c(F)cccc2Cl)c1. The maximum Gasteiger partial charge on any atom is 0.348 e. The van der Waals surface area contributed by atoms with Gasteiger partial charge in [0.05, 0.1) is 18.7 Å². The summed E-state index contributed by atoms with van der Waals surface area (Å²) in [7, 11) is 1.47. The topological polar surface area (TPSA) is 68.6 Å². The van der Waals surface area contributed by atoms with Crippen LogP contribution in [0.15, 0.2) is 42.0 Å². The highest BCUT2D eigenvalue weighted by Gasteiger charge is 2.13. The molecule has 140 valence electrons. The molecule has 0 saturated heterocycles. The van der Waals surface area contributed by atoms with Crippen molar-refractivity contribution in [3.05, 3.63) is 63.9 Å². The normalized spacial score (nSPS) is 10.9. The molecule has 0 aromatic heterocycles. The van der Waals surface area contributed by atoms with Gasteiger partial charge in [-0.2, -0.15) is 5.26 Å². The molecule has 0 aliphatic carbocycles. The number of carbonyl (C=O) groups is 1. The third kappa shape index (κ3) is 5.22. The Labute approximate surface area is 161 Å². The Morgan fingerprint density at radius 3 is 2.70 bits per heavy atom. The molecular formula is C20H17ClFNO4. The van der Waals surface area contributed by atoms with E-state index in [-0.39, 0.29) is 29.4 Å². The second-order valence-corrected chi connectivity index (χ2v) is 5.70. The minimum atomic E-state index is -0.712. The Morgan fingerprint density at radius 1 is 1.30 bits per heavy atom. The van der Waals surface area contributed by atoms with Crippen LogP contribution in [-0.2, 0) is 16.1 Å². The predicted octanol–water partition coefficient (Wildman–Crippen LogP) is 4.54. The third-order valence-electron chi connectivity index (χ3n) is 3.55. The summed E-state index contributed by atoms with van der Waals surface area (Å²) < 4.78 is 29.6. The fraction of sp³-hybridized carbons (Fsp3) is 0.200. The van der Waals surface area contributed by atoms with Crippen LogP contribution in [0.4, 0.5) is 4.39 Å². The van der Waals surface area contributed by atoms with Gasteiger partial charge in [-0.3, -0.25) is 0 Å². The minimum absolute atomic E-state index is 0.113. The maximum atomic E-state index is 13.9. The molecule has 0 aliphatic heterocycles. The molecular weight excluding hydrogens is 373 g/mol. The van der Waals surface area contributed by atoms with E-state index < -0.39 is 11.8 Å². The van der Waals surface area contributed by atoms with E-state index in [1.54, 1.807) is 37.3 Å². The number of methoxy groups -OCH3 is 1. The molecule has 2 aromatic carbocycles. The van der Waals surface area contributed by atoms with Gasteiger partial charge in [-0.25, -0.2) is 9.18 Å². The Kier molecular flexibility index (Phi) is 7.21. The summed E-state index contributed by atoms with van der Waals surface area (Å²) in [5, 5.41) is 9.39. The van der Waals surface area contributed by atoms with Gasteiger partial charge in [-0.05, 0) is 42.8 Å². The van der Waals surface area contributed by atoms with Crippen molar-refractivity contribution in [3.8, 4) is 17.6 Å². The van der Waals surface area contributed by atoms with Crippen molar-refractivity contribution < 1.29 is 23.4 Å². The summed E-state index contributed by atoms with van der Waals surface area (Å²) in [5.41, 5.74) is 0.589. The average molecular weight is 390 g/mol. The summed E-state index contributed by atoms with van der Waals surface area (Å²) in [5.74, 6) is -0.469. The summed E-state index contributed by atoms with van der Waals surface area (Å²) in [4.78, 5) is 11.7. The van der Waals surface area contributed by atoms with E-state index in [0.29, 0.717) is 17.1 Å². The van der Waals surface area contributed by atoms with E-state index in [4.69, 9.17) is 31.1 Å². The number of halogens is 2. The fourth-order valence-corrected chi connectivity index (χ4v) is 2.45. The number of hydrogen-bond acceptors (Lipinski definition) is 5. The molecule has 0 radical (unpaired) electrons. The molecule has 0 unspecified atom stereocenters. The molecule has 2 rings (SSSR count). The van der Waals surface area contributed by atoms with Gasteiger partial charge >= 0.3 is 5.97 Å². The van der Waals surface area contributed by atoms with Gasteiger partial charge in [-0.1, -0.05) is 23.7 Å². The minimum Gasteiger partial charge on any atom is -0.493 e. The van der Waals surface area contributed by atoms with Crippen LogP contribution in [0.25, 0.3) is 6.08 Å². The number of benzene rings is 2. The first-order valence-electron chi connectivity index (χ1n) is 8.02. The lowest BCUT2D eigenvalue weighted by atomic mass is 10.1. The van der Waals surface area contributed by atoms with Gasteiger partial charge in [0.15, 0.2) is 11.5 Å². The molecule has 7 heteroatoms. The van der Waals surface area contributed by atoms with E-state index in [1.165, 1.54) is 25.3 Å². The summed E-state index contributed by atoms with van der Waals surface area (Å²) in [6.45, 7) is 1.70. The number of rotatable bonds is 7. The molecule has 0 atom stereocenters. The van der Waals surface area contributed by atoms with Crippen LogP contribution in [-0.4, -0.2) is 19.7 Å². The van der Waals surface area contributed by atoms with Crippen molar-refractivity contribution >= 4 is 23.6 Å². The fourth-order valence-electron chi connectivity index (χ4n) is 2.23. The van der Waals surface area contributed by atoms with E-state index in [9.17, 15) is 9.18 Å². The van der Waals surface area contributed by atoms with E-state index in [2.05, 4.69) is 0 Å². The lowest BCUT2D eigenvalue weighted by Gasteiger charge is -2.13. The average Bonchev–Trinajstić information content (AvgIpc) is 2.66. The summed E-state index contributed by atoms with van der Waals surface area (Å²) in [6.07, 6.45) is 1.38. The summed E-state index contributed by atoms with van der Waals surface area (Å²) >= 11 is 6.00. The molecule has 0 bridgehead atoms. The smallest absolute Gasteiger partial charge is 0.348 e. The molecule has 0 heterocycles. The molecule has 0 spiro atoms. The molecule has 0 fully saturated rings. The van der Waals surface area contributed by atoms with Crippen molar-refractivity contribution in [2.24, 2.45) is 0 Å². The molecule has 2 aromatic rings. The van der Waals surface area contributed by atoms with Crippen molar-refractivity contribution in [2.45, 2.75) is 13.5 Å². The Morgan fingerprint density at radius 2 is 2.07 bits per heavy atom. The van der Waals surface area contributed by atoms with Crippen LogP contribution in [0.1, 0.15) is 18.1 Å². The first-order chi connectivity index (χ1) is 13.0. The predicted molar refractivity (Wildman–Crippen MR) is 99.0 cm³/mol. The van der Waals surface area contributed by atoms with Gasteiger partial charge in [0.2, 0.25) is 0 Å².